The number of ether oxygens (including phenoxy) is 1. The summed E-state index contributed by atoms with van der Waals surface area (Å²) < 4.78 is 5.98. The summed E-state index contributed by atoms with van der Waals surface area (Å²) in [6, 6.07) is 19.2. The molecule has 2 rings (SSSR count). The van der Waals surface area contributed by atoms with Gasteiger partial charge in [0.2, 0.25) is 0 Å². The van der Waals surface area contributed by atoms with Gasteiger partial charge in [0.1, 0.15) is 11.5 Å². The van der Waals surface area contributed by atoms with Crippen LogP contribution >= 0.6 is 0 Å². The van der Waals surface area contributed by atoms with Gasteiger partial charge in [0.05, 0.1) is 0 Å². The molecule has 0 aliphatic carbocycles. The summed E-state index contributed by atoms with van der Waals surface area (Å²) >= 11 is 0. The van der Waals surface area contributed by atoms with Gasteiger partial charge in [-0.3, -0.25) is 0 Å². The van der Waals surface area contributed by atoms with E-state index >= 15 is 0 Å². The fraction of sp³-hybridized carbons (Fsp3) is 0.333. The van der Waals surface area contributed by atoms with Crippen molar-refractivity contribution in [2.45, 2.75) is 39.0 Å². The molecule has 99 valence electrons. The zero-order valence-corrected chi connectivity index (χ0v) is 11.7. The molecule has 0 amide bonds. The van der Waals surface area contributed by atoms with Crippen LogP contribution in [0, 0.1) is 6.07 Å². The maximum atomic E-state index is 5.98. The summed E-state index contributed by atoms with van der Waals surface area (Å²) in [5, 5.41) is 0. The first-order valence-electron chi connectivity index (χ1n) is 7.08. The second-order valence-corrected chi connectivity index (χ2v) is 4.76. The number of hydrogen-bond donors (Lipinski definition) is 0. The van der Waals surface area contributed by atoms with E-state index in [9.17, 15) is 0 Å². The Morgan fingerprint density at radius 3 is 2.53 bits per heavy atom. The SMILES string of the molecule is CCCC(CC)c1ccccc1Oc1[c]cccc1. The molecule has 0 N–H and O–H groups in total. The molecule has 1 nitrogen and oxygen atoms in total. The number of hydrogen-bond acceptors (Lipinski definition) is 1. The third-order valence-corrected chi connectivity index (χ3v) is 3.39. The average Bonchev–Trinajstić information content (AvgIpc) is 2.47. The molecule has 0 bridgehead atoms. The van der Waals surface area contributed by atoms with Crippen LogP contribution in [0.5, 0.6) is 11.5 Å². The molecule has 2 aromatic rings. The molecule has 1 radical (unpaired) electrons. The minimum Gasteiger partial charge on any atom is -0.456 e. The van der Waals surface area contributed by atoms with Crippen LogP contribution in [0.2, 0.25) is 0 Å². The molecular formula is C18H21O. The highest BCUT2D eigenvalue weighted by atomic mass is 16.5. The van der Waals surface area contributed by atoms with E-state index in [1.54, 1.807) is 0 Å². The van der Waals surface area contributed by atoms with Gasteiger partial charge in [-0.05, 0) is 36.5 Å². The Bertz CT molecular complexity index is 490. The van der Waals surface area contributed by atoms with Crippen molar-refractivity contribution in [3.8, 4) is 11.5 Å². The number of para-hydroxylation sites is 2. The van der Waals surface area contributed by atoms with Crippen molar-refractivity contribution in [2.75, 3.05) is 0 Å². The van der Waals surface area contributed by atoms with Gasteiger partial charge in [-0.1, -0.05) is 56.7 Å². The van der Waals surface area contributed by atoms with E-state index in [0.29, 0.717) is 5.92 Å². The van der Waals surface area contributed by atoms with E-state index in [1.807, 2.05) is 30.3 Å². The van der Waals surface area contributed by atoms with Crippen molar-refractivity contribution in [1.29, 1.82) is 0 Å². The lowest BCUT2D eigenvalue weighted by Gasteiger charge is -2.18. The molecule has 0 spiro atoms. The second-order valence-electron chi connectivity index (χ2n) is 4.76. The van der Waals surface area contributed by atoms with Crippen molar-refractivity contribution < 1.29 is 4.74 Å². The Balaban J connectivity index is 2.25. The lowest BCUT2D eigenvalue weighted by Crippen LogP contribution is -2.00. The van der Waals surface area contributed by atoms with E-state index in [2.05, 4.69) is 38.1 Å². The third-order valence-electron chi connectivity index (χ3n) is 3.39. The lowest BCUT2D eigenvalue weighted by molar-refractivity contribution is 0.462. The molecule has 19 heavy (non-hydrogen) atoms. The van der Waals surface area contributed by atoms with Gasteiger partial charge in [0.25, 0.3) is 0 Å². The normalized spacial score (nSPS) is 12.1. The molecule has 0 fully saturated rings. The van der Waals surface area contributed by atoms with Crippen LogP contribution in [0.1, 0.15) is 44.6 Å². The lowest BCUT2D eigenvalue weighted by atomic mass is 9.91. The van der Waals surface area contributed by atoms with Crippen molar-refractivity contribution in [1.82, 2.24) is 0 Å². The van der Waals surface area contributed by atoms with Gasteiger partial charge in [-0.15, -0.1) is 0 Å². The Morgan fingerprint density at radius 1 is 1.05 bits per heavy atom. The number of rotatable bonds is 6. The summed E-state index contributed by atoms with van der Waals surface area (Å²) in [6.45, 7) is 4.48. The minimum absolute atomic E-state index is 0.574. The molecule has 0 saturated heterocycles. The summed E-state index contributed by atoms with van der Waals surface area (Å²) in [7, 11) is 0. The van der Waals surface area contributed by atoms with Crippen LogP contribution in [0.25, 0.3) is 0 Å². The molecule has 1 atom stereocenters. The first-order chi connectivity index (χ1) is 9.35. The molecule has 0 aliphatic heterocycles. The van der Waals surface area contributed by atoms with E-state index < -0.39 is 0 Å². The Labute approximate surface area is 116 Å². The molecule has 1 heteroatoms. The van der Waals surface area contributed by atoms with E-state index in [-0.39, 0.29) is 0 Å². The highest BCUT2D eigenvalue weighted by molar-refractivity contribution is 5.39. The van der Waals surface area contributed by atoms with Gasteiger partial charge in [-0.2, -0.15) is 0 Å². The smallest absolute Gasteiger partial charge is 0.135 e. The molecule has 2 aromatic carbocycles. The van der Waals surface area contributed by atoms with Crippen molar-refractivity contribution >= 4 is 0 Å². The van der Waals surface area contributed by atoms with Gasteiger partial charge >= 0.3 is 0 Å². The summed E-state index contributed by atoms with van der Waals surface area (Å²) in [5.41, 5.74) is 1.31. The highest BCUT2D eigenvalue weighted by Gasteiger charge is 2.13. The molecular weight excluding hydrogens is 232 g/mol. The van der Waals surface area contributed by atoms with Gasteiger partial charge in [-0.25, -0.2) is 0 Å². The minimum atomic E-state index is 0.574. The first kappa shape index (κ1) is 13.7. The molecule has 0 heterocycles. The van der Waals surface area contributed by atoms with E-state index in [1.165, 1.54) is 18.4 Å². The quantitative estimate of drug-likeness (QED) is 0.653. The fourth-order valence-corrected chi connectivity index (χ4v) is 2.40. The molecule has 1 unspecified atom stereocenters. The van der Waals surface area contributed by atoms with Gasteiger partial charge < -0.3 is 4.74 Å². The zero-order valence-electron chi connectivity index (χ0n) is 11.7. The van der Waals surface area contributed by atoms with Crippen molar-refractivity contribution in [3.63, 3.8) is 0 Å². The van der Waals surface area contributed by atoms with Gasteiger partial charge in [0.15, 0.2) is 0 Å². The Morgan fingerprint density at radius 2 is 1.84 bits per heavy atom. The fourth-order valence-electron chi connectivity index (χ4n) is 2.40. The Kier molecular flexibility index (Phi) is 5.02. The van der Waals surface area contributed by atoms with Crippen LogP contribution < -0.4 is 4.74 Å². The van der Waals surface area contributed by atoms with Crippen molar-refractivity contribution in [2.24, 2.45) is 0 Å². The summed E-state index contributed by atoms with van der Waals surface area (Å²) in [4.78, 5) is 0. The largest absolute Gasteiger partial charge is 0.456 e. The van der Waals surface area contributed by atoms with Crippen LogP contribution in [0.3, 0.4) is 0 Å². The zero-order chi connectivity index (χ0) is 13.5. The first-order valence-corrected chi connectivity index (χ1v) is 7.08. The standard InChI is InChI=1S/C18H21O/c1-3-10-15(4-2)17-13-8-9-14-18(17)19-16-11-6-5-7-12-16/h5-9,11,13-15H,3-4,10H2,1-2H3. The van der Waals surface area contributed by atoms with E-state index in [0.717, 1.165) is 17.9 Å². The van der Waals surface area contributed by atoms with Crippen LogP contribution in [0.15, 0.2) is 48.5 Å². The monoisotopic (exact) mass is 253 g/mol. The molecule has 0 aliphatic rings. The van der Waals surface area contributed by atoms with E-state index in [4.69, 9.17) is 4.74 Å². The van der Waals surface area contributed by atoms with Crippen LogP contribution in [0.4, 0.5) is 0 Å². The molecule has 0 aromatic heterocycles. The van der Waals surface area contributed by atoms with Crippen molar-refractivity contribution in [3.05, 3.63) is 60.2 Å². The third kappa shape index (κ3) is 3.60. The highest BCUT2D eigenvalue weighted by Crippen LogP contribution is 2.34. The van der Waals surface area contributed by atoms with Crippen LogP contribution in [-0.4, -0.2) is 0 Å². The second kappa shape index (κ2) is 6.98. The summed E-state index contributed by atoms with van der Waals surface area (Å²) in [6.07, 6.45) is 3.55. The van der Waals surface area contributed by atoms with Gasteiger partial charge in [0, 0.05) is 6.07 Å². The average molecular weight is 253 g/mol. The Hall–Kier alpha value is -1.76. The maximum absolute atomic E-state index is 5.98. The maximum Gasteiger partial charge on any atom is 0.135 e. The number of benzene rings is 2. The summed E-state index contributed by atoms with van der Waals surface area (Å²) in [5.74, 6) is 2.32. The predicted octanol–water partition coefficient (Wildman–Crippen LogP) is 5.57. The topological polar surface area (TPSA) is 9.23 Å². The predicted molar refractivity (Wildman–Crippen MR) is 79.7 cm³/mol. The van der Waals surface area contributed by atoms with Crippen LogP contribution in [-0.2, 0) is 0 Å². The molecule has 0 saturated carbocycles.